The number of hydrogen-bond donors (Lipinski definition) is 1. The quantitative estimate of drug-likeness (QED) is 0.833. The number of nitrogens with zero attached hydrogens (tertiary/aromatic N) is 1. The van der Waals surface area contributed by atoms with E-state index < -0.39 is 0 Å². The number of para-hydroxylation sites is 1. The highest BCUT2D eigenvalue weighted by Crippen LogP contribution is 2.29. The molecule has 1 aromatic carbocycles. The lowest BCUT2D eigenvalue weighted by atomic mass is 9.95. The molecule has 0 unspecified atom stereocenters. The van der Waals surface area contributed by atoms with Crippen molar-refractivity contribution in [1.82, 2.24) is 0 Å². The molecule has 1 heterocycles. The maximum atomic E-state index is 5.16. The molecular weight excluding hydrogens is 224 g/mol. The Morgan fingerprint density at radius 2 is 2.06 bits per heavy atom. The van der Waals surface area contributed by atoms with Gasteiger partial charge in [0.1, 0.15) is 0 Å². The zero-order chi connectivity index (χ0) is 13.0. The van der Waals surface area contributed by atoms with Crippen LogP contribution >= 0.6 is 0 Å². The highest BCUT2D eigenvalue weighted by Gasteiger charge is 2.21. The van der Waals surface area contributed by atoms with Gasteiger partial charge in [-0.15, -0.1) is 0 Å². The van der Waals surface area contributed by atoms with Gasteiger partial charge in [-0.3, -0.25) is 0 Å². The van der Waals surface area contributed by atoms with Crippen LogP contribution in [0.2, 0.25) is 0 Å². The molecule has 1 aliphatic heterocycles. The molecule has 0 spiro atoms. The van der Waals surface area contributed by atoms with Crippen LogP contribution in [-0.2, 0) is 11.3 Å². The van der Waals surface area contributed by atoms with E-state index in [9.17, 15) is 0 Å². The van der Waals surface area contributed by atoms with Crippen molar-refractivity contribution < 1.29 is 4.84 Å². The largest absolute Gasteiger partial charge is 0.371 e. The Hall–Kier alpha value is -1.06. The minimum absolute atomic E-state index is 0.625. The molecular formula is C15H24N2O. The monoisotopic (exact) mass is 248 g/mol. The summed E-state index contributed by atoms with van der Waals surface area (Å²) in [5.74, 6) is 5.79. The zero-order valence-electron chi connectivity index (χ0n) is 11.5. The van der Waals surface area contributed by atoms with E-state index in [1.54, 1.807) is 0 Å². The van der Waals surface area contributed by atoms with Crippen molar-refractivity contribution in [2.45, 2.75) is 33.1 Å². The third kappa shape index (κ3) is 2.85. The minimum atomic E-state index is 0.625. The van der Waals surface area contributed by atoms with Crippen LogP contribution in [0.5, 0.6) is 0 Å². The van der Waals surface area contributed by atoms with E-state index in [1.807, 2.05) is 0 Å². The fraction of sp³-hybridized carbons (Fsp3) is 0.600. The summed E-state index contributed by atoms with van der Waals surface area (Å²) in [5, 5.41) is 0. The number of aryl methyl sites for hydroxylation is 2. The van der Waals surface area contributed by atoms with Crippen molar-refractivity contribution in [3.8, 4) is 0 Å². The lowest BCUT2D eigenvalue weighted by Crippen LogP contribution is -2.36. The molecule has 3 heteroatoms. The molecule has 0 amide bonds. The van der Waals surface area contributed by atoms with Crippen molar-refractivity contribution in [2.24, 2.45) is 11.8 Å². The number of benzene rings is 1. The predicted octanol–water partition coefficient (Wildman–Crippen LogP) is 2.66. The van der Waals surface area contributed by atoms with E-state index >= 15 is 0 Å². The molecule has 1 aliphatic rings. The number of nitrogens with two attached hydrogens (primary N) is 1. The van der Waals surface area contributed by atoms with E-state index in [-0.39, 0.29) is 0 Å². The molecule has 100 valence electrons. The summed E-state index contributed by atoms with van der Waals surface area (Å²) in [6.07, 6.45) is 3.45. The SMILES string of the molecule is CCc1cccc(C)c1N1CCC(CON)CC1. The number of hydrogen-bond acceptors (Lipinski definition) is 3. The van der Waals surface area contributed by atoms with Crippen LogP contribution in [0.4, 0.5) is 5.69 Å². The summed E-state index contributed by atoms with van der Waals surface area (Å²) < 4.78 is 0. The first-order valence-corrected chi connectivity index (χ1v) is 6.91. The Morgan fingerprint density at radius 3 is 2.67 bits per heavy atom. The van der Waals surface area contributed by atoms with E-state index in [1.165, 1.54) is 29.7 Å². The first-order chi connectivity index (χ1) is 8.76. The topological polar surface area (TPSA) is 38.5 Å². The number of anilines is 1. The highest BCUT2D eigenvalue weighted by molar-refractivity contribution is 5.59. The van der Waals surface area contributed by atoms with E-state index in [4.69, 9.17) is 10.7 Å². The maximum absolute atomic E-state index is 5.16. The summed E-state index contributed by atoms with van der Waals surface area (Å²) in [7, 11) is 0. The number of piperidine rings is 1. The van der Waals surface area contributed by atoms with Crippen LogP contribution < -0.4 is 10.8 Å². The van der Waals surface area contributed by atoms with Gasteiger partial charge in [0.25, 0.3) is 0 Å². The number of rotatable bonds is 4. The fourth-order valence-corrected chi connectivity index (χ4v) is 2.92. The summed E-state index contributed by atoms with van der Waals surface area (Å²) in [5.41, 5.74) is 4.30. The molecule has 0 radical (unpaired) electrons. The first kappa shape index (κ1) is 13.4. The minimum Gasteiger partial charge on any atom is -0.371 e. The van der Waals surface area contributed by atoms with Crippen LogP contribution in [-0.4, -0.2) is 19.7 Å². The maximum Gasteiger partial charge on any atom is 0.0708 e. The third-order valence-corrected chi connectivity index (χ3v) is 3.96. The van der Waals surface area contributed by atoms with Crippen LogP contribution in [0.3, 0.4) is 0 Å². The average molecular weight is 248 g/mol. The van der Waals surface area contributed by atoms with Gasteiger partial charge in [0.2, 0.25) is 0 Å². The van der Waals surface area contributed by atoms with Crippen LogP contribution in [0.1, 0.15) is 30.9 Å². The van der Waals surface area contributed by atoms with Crippen molar-refractivity contribution in [3.63, 3.8) is 0 Å². The Kier molecular flexibility index (Phi) is 4.61. The second-order valence-corrected chi connectivity index (χ2v) is 5.20. The third-order valence-electron chi connectivity index (χ3n) is 3.96. The molecule has 2 rings (SSSR count). The zero-order valence-corrected chi connectivity index (χ0v) is 11.5. The Morgan fingerprint density at radius 1 is 1.33 bits per heavy atom. The van der Waals surface area contributed by atoms with Gasteiger partial charge in [0.05, 0.1) is 6.61 Å². The fourth-order valence-electron chi connectivity index (χ4n) is 2.92. The Bertz CT molecular complexity index is 384. The van der Waals surface area contributed by atoms with Crippen molar-refractivity contribution >= 4 is 5.69 Å². The lowest BCUT2D eigenvalue weighted by molar-refractivity contribution is 0.0918. The Labute approximate surface area is 110 Å². The van der Waals surface area contributed by atoms with Gasteiger partial charge in [0, 0.05) is 18.8 Å². The van der Waals surface area contributed by atoms with Crippen LogP contribution in [0.25, 0.3) is 0 Å². The summed E-state index contributed by atoms with van der Waals surface area (Å²) >= 11 is 0. The summed E-state index contributed by atoms with van der Waals surface area (Å²) in [6.45, 7) is 7.37. The van der Waals surface area contributed by atoms with Crippen molar-refractivity contribution in [2.75, 3.05) is 24.6 Å². The second kappa shape index (κ2) is 6.21. The Balaban J connectivity index is 2.09. The lowest BCUT2D eigenvalue weighted by Gasteiger charge is -2.35. The molecule has 1 fully saturated rings. The van der Waals surface area contributed by atoms with Crippen LogP contribution in [0.15, 0.2) is 18.2 Å². The van der Waals surface area contributed by atoms with E-state index in [0.717, 1.165) is 19.5 Å². The molecule has 2 N–H and O–H groups in total. The van der Waals surface area contributed by atoms with Gasteiger partial charge >= 0.3 is 0 Å². The highest BCUT2D eigenvalue weighted by atomic mass is 16.6. The molecule has 1 saturated heterocycles. The summed E-state index contributed by atoms with van der Waals surface area (Å²) in [4.78, 5) is 7.30. The van der Waals surface area contributed by atoms with E-state index in [0.29, 0.717) is 12.5 Å². The molecule has 0 atom stereocenters. The smallest absolute Gasteiger partial charge is 0.0708 e. The van der Waals surface area contributed by atoms with Gasteiger partial charge in [-0.05, 0) is 43.2 Å². The normalized spacial score (nSPS) is 17.2. The molecule has 1 aromatic rings. The predicted molar refractivity (Wildman–Crippen MR) is 75.6 cm³/mol. The van der Waals surface area contributed by atoms with Gasteiger partial charge in [-0.1, -0.05) is 25.1 Å². The molecule has 0 bridgehead atoms. The second-order valence-electron chi connectivity index (χ2n) is 5.20. The van der Waals surface area contributed by atoms with E-state index in [2.05, 4.69) is 36.9 Å². The molecule has 0 aliphatic carbocycles. The first-order valence-electron chi connectivity index (χ1n) is 6.91. The standard InChI is InChI=1S/C15H24N2O/c1-3-14-6-4-5-12(2)15(14)17-9-7-13(8-10-17)11-18-16/h4-6,13H,3,7-11,16H2,1-2H3. The summed E-state index contributed by atoms with van der Waals surface area (Å²) in [6, 6.07) is 6.62. The molecule has 0 aromatic heterocycles. The molecule has 18 heavy (non-hydrogen) atoms. The molecule has 3 nitrogen and oxygen atoms in total. The van der Waals surface area contributed by atoms with Crippen molar-refractivity contribution in [3.05, 3.63) is 29.3 Å². The van der Waals surface area contributed by atoms with Crippen molar-refractivity contribution in [1.29, 1.82) is 0 Å². The van der Waals surface area contributed by atoms with Gasteiger partial charge in [0.15, 0.2) is 0 Å². The average Bonchev–Trinajstić information content (AvgIpc) is 2.40. The van der Waals surface area contributed by atoms with Gasteiger partial charge < -0.3 is 9.74 Å². The van der Waals surface area contributed by atoms with Gasteiger partial charge in [-0.25, -0.2) is 5.90 Å². The van der Waals surface area contributed by atoms with Crippen LogP contribution in [0, 0.1) is 12.8 Å². The molecule has 0 saturated carbocycles. The van der Waals surface area contributed by atoms with Gasteiger partial charge in [-0.2, -0.15) is 0 Å².